The quantitative estimate of drug-likeness (QED) is 0.0416. The number of rotatable bonds is 20. The number of anilines is 4. The van der Waals surface area contributed by atoms with Gasteiger partial charge >= 0.3 is 21.3 Å². The first-order valence-electron chi connectivity index (χ1n) is 25.9. The third kappa shape index (κ3) is 13.3. The molecule has 4 heterocycles. The average Bonchev–Trinajstić information content (AvgIpc) is 3.99. The molecule has 77 heavy (non-hydrogen) atoms. The zero-order chi connectivity index (χ0) is 54.6. The number of aromatic carboxylic acids is 1. The Morgan fingerprint density at radius 1 is 0.844 bits per heavy atom. The van der Waals surface area contributed by atoms with Gasteiger partial charge in [-0.05, 0) is 149 Å². The Morgan fingerprint density at radius 2 is 1.51 bits per heavy atom. The summed E-state index contributed by atoms with van der Waals surface area (Å²) in [5.41, 5.74) is 7.33. The standard InChI is InChI=1S/C56H67ClN6O10P2S2/c1-39(2)63-40(3)53(56(64)65)54(55(63)42-13-15-44(57)16-14-42)43-9-8-10-48(35-43)61-31-29-60(30-32-61)46-17-19-47(20-18-46)62-33-34-72-74(62,66)49-21-22-51(52(36-49)77(4,70)71)58-45(38-76-50-11-6-5-7-12-50)25-28-59-26-23-41(24-27-59)37-73-75(67,68)69/h5-22,35-36,39,41,45,58H,23-34,37-38H2,1-4H3,(H,64,65)(H2,67,68,69)/t45-,74-/m1/s1. The van der Waals surface area contributed by atoms with Crippen molar-refractivity contribution >= 4 is 82.6 Å². The van der Waals surface area contributed by atoms with Crippen molar-refractivity contribution in [1.29, 1.82) is 0 Å². The van der Waals surface area contributed by atoms with E-state index in [9.17, 15) is 22.9 Å². The highest BCUT2D eigenvalue weighted by molar-refractivity contribution is 7.99. The number of carboxylic acids is 1. The highest BCUT2D eigenvalue weighted by Gasteiger charge is 2.41. The van der Waals surface area contributed by atoms with Gasteiger partial charge in [0, 0.05) is 95.1 Å². The predicted octanol–water partition coefficient (Wildman–Crippen LogP) is 10.9. The molecule has 3 aliphatic heterocycles. The van der Waals surface area contributed by atoms with Gasteiger partial charge in [-0.25, -0.2) is 17.8 Å². The Hall–Kier alpha value is -5.10. The van der Waals surface area contributed by atoms with Crippen LogP contribution >= 0.6 is 38.7 Å². The van der Waals surface area contributed by atoms with Gasteiger partial charge in [-0.15, -0.1) is 11.8 Å². The van der Waals surface area contributed by atoms with Gasteiger partial charge in [0.1, 0.15) is 0 Å². The van der Waals surface area contributed by atoms with Crippen LogP contribution in [-0.4, -0.2) is 122 Å². The molecule has 4 N–H and O–H groups in total. The molecule has 0 aliphatic carbocycles. The second kappa shape index (κ2) is 24.1. The molecule has 0 saturated carbocycles. The van der Waals surface area contributed by atoms with Gasteiger partial charge in [-0.3, -0.25) is 13.8 Å². The topological polar surface area (TPSA) is 194 Å². The van der Waals surface area contributed by atoms with Crippen LogP contribution in [-0.2, 0) is 28.0 Å². The molecular formula is C56H67ClN6O10P2S2. The second-order valence-electron chi connectivity index (χ2n) is 20.3. The van der Waals surface area contributed by atoms with E-state index in [4.69, 9.17) is 30.4 Å². The van der Waals surface area contributed by atoms with Crippen molar-refractivity contribution in [2.24, 2.45) is 5.92 Å². The summed E-state index contributed by atoms with van der Waals surface area (Å²) in [4.78, 5) is 39.3. The van der Waals surface area contributed by atoms with Crippen LogP contribution in [0.25, 0.3) is 22.4 Å². The smallest absolute Gasteiger partial charge is 0.469 e. The first-order valence-corrected chi connectivity index (χ1v) is 32.3. The summed E-state index contributed by atoms with van der Waals surface area (Å²) in [5.74, 6) is -0.268. The highest BCUT2D eigenvalue weighted by Crippen LogP contribution is 2.56. The van der Waals surface area contributed by atoms with E-state index in [0.717, 1.165) is 98.0 Å². The Bertz CT molecular complexity index is 3260. The maximum Gasteiger partial charge on any atom is 0.469 e. The van der Waals surface area contributed by atoms with Crippen molar-refractivity contribution in [3.8, 4) is 22.4 Å². The summed E-state index contributed by atoms with van der Waals surface area (Å²) < 4.78 is 68.2. The minimum absolute atomic E-state index is 0.00678. The second-order valence-corrected chi connectivity index (χ2v) is 27.3. The van der Waals surface area contributed by atoms with Crippen LogP contribution in [0.1, 0.15) is 55.2 Å². The summed E-state index contributed by atoms with van der Waals surface area (Å²) in [7, 11) is -12.1. The lowest BCUT2D eigenvalue weighted by molar-refractivity contribution is 0.0696. The van der Waals surface area contributed by atoms with E-state index in [1.165, 1.54) is 6.07 Å². The number of piperidine rings is 1. The third-order valence-corrected chi connectivity index (χ3v) is 20.3. The molecule has 3 aliphatic rings. The number of hydrogen-bond donors (Lipinski definition) is 4. The summed E-state index contributed by atoms with van der Waals surface area (Å²) in [6.45, 7) is 11.7. The maximum atomic E-state index is 15.1. The van der Waals surface area contributed by atoms with Crippen LogP contribution in [0.4, 0.5) is 22.7 Å². The Morgan fingerprint density at radius 3 is 2.14 bits per heavy atom. The number of benzene rings is 5. The molecule has 0 amide bonds. The van der Waals surface area contributed by atoms with Crippen molar-refractivity contribution in [3.05, 3.63) is 138 Å². The normalized spacial score (nSPS) is 18.3. The summed E-state index contributed by atoms with van der Waals surface area (Å²) >= 11 is 7.97. The van der Waals surface area contributed by atoms with Crippen LogP contribution in [0.3, 0.4) is 0 Å². The van der Waals surface area contributed by atoms with Gasteiger partial charge in [0.15, 0.2) is 9.84 Å². The molecular weight excluding hydrogens is 1080 g/mol. The molecule has 2 atom stereocenters. The first-order chi connectivity index (χ1) is 36.8. The number of carbonyl (C=O) groups is 1. The van der Waals surface area contributed by atoms with E-state index in [1.807, 2.05) is 97.9 Å². The van der Waals surface area contributed by atoms with E-state index < -0.39 is 31.1 Å². The molecule has 0 radical (unpaired) electrons. The third-order valence-electron chi connectivity index (χ3n) is 14.7. The number of aromatic nitrogens is 1. The zero-order valence-electron chi connectivity index (χ0n) is 43.7. The number of hydrogen-bond acceptors (Lipinski definition) is 12. The van der Waals surface area contributed by atoms with Crippen LogP contribution in [0.2, 0.25) is 5.02 Å². The molecule has 0 unspecified atom stereocenters. The van der Waals surface area contributed by atoms with Crippen molar-refractivity contribution in [2.75, 3.05) is 97.4 Å². The molecule has 3 saturated heterocycles. The van der Waals surface area contributed by atoms with E-state index >= 15 is 4.57 Å². The van der Waals surface area contributed by atoms with Gasteiger partial charge in [0.25, 0.3) is 0 Å². The average molecular weight is 1150 g/mol. The molecule has 16 nitrogen and oxygen atoms in total. The molecule has 5 aromatic carbocycles. The van der Waals surface area contributed by atoms with E-state index in [1.54, 1.807) is 28.6 Å². The lowest BCUT2D eigenvalue weighted by atomic mass is 9.96. The maximum absolute atomic E-state index is 15.1. The summed E-state index contributed by atoms with van der Waals surface area (Å²) in [6, 6.07) is 38.4. The minimum Gasteiger partial charge on any atom is -0.478 e. The van der Waals surface area contributed by atoms with Crippen molar-refractivity contribution in [1.82, 2.24) is 9.47 Å². The van der Waals surface area contributed by atoms with Crippen LogP contribution in [0, 0.1) is 12.8 Å². The largest absolute Gasteiger partial charge is 0.478 e. The Kier molecular flexibility index (Phi) is 17.7. The number of phosphoric acid groups is 1. The zero-order valence-corrected chi connectivity index (χ0v) is 47.9. The number of likely N-dealkylation sites (tertiary alicyclic amines) is 1. The van der Waals surface area contributed by atoms with Gasteiger partial charge in [-0.2, -0.15) is 0 Å². The fourth-order valence-corrected chi connectivity index (χ4v) is 15.5. The lowest BCUT2D eigenvalue weighted by Crippen LogP contribution is -2.46. The number of halogens is 1. The van der Waals surface area contributed by atoms with Crippen molar-refractivity contribution in [3.63, 3.8) is 0 Å². The minimum atomic E-state index is -4.53. The molecule has 21 heteroatoms. The van der Waals surface area contributed by atoms with Crippen LogP contribution in [0.5, 0.6) is 0 Å². The van der Waals surface area contributed by atoms with Gasteiger partial charge < -0.3 is 44.0 Å². The van der Waals surface area contributed by atoms with Gasteiger partial charge in [-0.1, -0.05) is 54.1 Å². The summed E-state index contributed by atoms with van der Waals surface area (Å²) in [6.07, 6.45) is 3.35. The number of thioether (sulfide) groups is 1. The monoisotopic (exact) mass is 1140 g/mol. The molecule has 410 valence electrons. The number of sulfone groups is 1. The number of phosphoric ester groups is 1. The molecule has 6 aromatic rings. The van der Waals surface area contributed by atoms with Crippen LogP contribution in [0.15, 0.2) is 131 Å². The Labute approximate surface area is 461 Å². The van der Waals surface area contributed by atoms with E-state index in [0.29, 0.717) is 51.7 Å². The SMILES string of the molecule is Cc1c(C(=O)O)c(-c2cccc(N3CCN(c4ccc(N5CCO[P@]5(=O)c5ccc(N[C@H](CCN6CCC(COP(=O)(O)O)CC6)CSc6ccccc6)c(S(C)(=O)=O)c5)cc4)CC3)c2)c(-c2ccc(Cl)cc2)n1C(C)C. The van der Waals surface area contributed by atoms with Gasteiger partial charge in [0.05, 0.1) is 46.9 Å². The number of nitrogens with one attached hydrogen (secondary N) is 1. The predicted molar refractivity (Wildman–Crippen MR) is 310 cm³/mol. The lowest BCUT2D eigenvalue weighted by Gasteiger charge is -2.37. The number of nitrogens with zero attached hydrogens (tertiary/aromatic N) is 5. The number of carboxylic acid groups (broad SMARTS) is 1. The molecule has 0 spiro atoms. The van der Waals surface area contributed by atoms with Crippen molar-refractivity contribution in [2.45, 2.75) is 61.9 Å². The van der Waals surface area contributed by atoms with E-state index in [2.05, 4.69) is 50.6 Å². The first kappa shape index (κ1) is 56.6. The van der Waals surface area contributed by atoms with Crippen LogP contribution < -0.4 is 25.1 Å². The summed E-state index contributed by atoms with van der Waals surface area (Å²) in [5, 5.41) is 15.0. The molecule has 0 bridgehead atoms. The molecule has 3 fully saturated rings. The molecule has 9 rings (SSSR count). The van der Waals surface area contributed by atoms with Crippen molar-refractivity contribution < 1.29 is 46.3 Å². The van der Waals surface area contributed by atoms with Gasteiger partial charge in [0.2, 0.25) is 0 Å². The van der Waals surface area contributed by atoms with E-state index in [-0.39, 0.29) is 41.7 Å². The molecule has 1 aromatic heterocycles. The highest BCUT2D eigenvalue weighted by atomic mass is 35.5. The number of piperazine rings is 1. The Balaban J connectivity index is 0.879. The fraction of sp³-hybridized carbons (Fsp3) is 0.375. The fourth-order valence-electron chi connectivity index (χ4n) is 10.8.